The Morgan fingerprint density at radius 2 is 2.35 bits per heavy atom. The summed E-state index contributed by atoms with van der Waals surface area (Å²) in [5.74, 6) is 1.08. The molecular weight excluding hydrogens is 300 g/mol. The lowest BCUT2D eigenvalue weighted by Crippen LogP contribution is -2.03. The molecule has 6 nitrogen and oxygen atoms in total. The maximum Gasteiger partial charge on any atom is 0.289 e. The molecule has 0 radical (unpaired) electrons. The van der Waals surface area contributed by atoms with Crippen molar-refractivity contribution >= 4 is 34.4 Å². The number of anilines is 1. The van der Waals surface area contributed by atoms with Crippen molar-refractivity contribution in [2.75, 3.05) is 5.32 Å². The smallest absolute Gasteiger partial charge is 0.289 e. The molecule has 0 aromatic carbocycles. The van der Waals surface area contributed by atoms with Gasteiger partial charge in [0.05, 0.1) is 27.2 Å². The fraction of sp³-hybridized carbons (Fsp3) is 0.333. The molecule has 0 unspecified atom stereocenters. The molecule has 0 saturated heterocycles. The second kappa shape index (κ2) is 5.34. The number of nitro groups is 1. The quantitative estimate of drug-likeness (QED) is 0.674. The summed E-state index contributed by atoms with van der Waals surface area (Å²) >= 11 is 7.63. The van der Waals surface area contributed by atoms with Crippen molar-refractivity contribution in [3.63, 3.8) is 0 Å². The van der Waals surface area contributed by atoms with Crippen LogP contribution in [0.2, 0.25) is 5.02 Å². The number of halogens is 1. The Bertz CT molecular complexity index is 657. The summed E-state index contributed by atoms with van der Waals surface area (Å²) in [6.07, 6.45) is 3.65. The third-order valence-corrected chi connectivity index (χ3v) is 4.31. The molecule has 0 atom stereocenters. The van der Waals surface area contributed by atoms with E-state index in [1.165, 1.54) is 30.1 Å². The van der Waals surface area contributed by atoms with Crippen LogP contribution >= 0.6 is 22.9 Å². The van der Waals surface area contributed by atoms with Gasteiger partial charge in [0, 0.05) is 17.4 Å². The molecule has 1 N–H and O–H groups in total. The van der Waals surface area contributed by atoms with Gasteiger partial charge in [-0.3, -0.25) is 10.1 Å². The van der Waals surface area contributed by atoms with E-state index in [4.69, 9.17) is 11.6 Å². The Labute approximate surface area is 124 Å². The maximum atomic E-state index is 10.6. The Morgan fingerprint density at radius 1 is 1.55 bits per heavy atom. The van der Waals surface area contributed by atoms with Crippen molar-refractivity contribution in [1.29, 1.82) is 0 Å². The normalized spacial score (nSPS) is 14.2. The Kier molecular flexibility index (Phi) is 3.54. The van der Waals surface area contributed by atoms with Crippen LogP contribution in [-0.2, 0) is 6.54 Å². The van der Waals surface area contributed by atoms with E-state index in [2.05, 4.69) is 15.3 Å². The lowest BCUT2D eigenvalue weighted by atomic mass is 10.4. The van der Waals surface area contributed by atoms with Crippen molar-refractivity contribution in [2.45, 2.75) is 25.3 Å². The highest BCUT2D eigenvalue weighted by atomic mass is 35.5. The molecule has 1 aliphatic rings. The summed E-state index contributed by atoms with van der Waals surface area (Å²) < 4.78 is 0. The number of rotatable bonds is 5. The van der Waals surface area contributed by atoms with Crippen LogP contribution in [-0.4, -0.2) is 14.9 Å². The zero-order chi connectivity index (χ0) is 14.1. The molecule has 1 fully saturated rings. The highest BCUT2D eigenvalue weighted by Gasteiger charge is 2.26. The van der Waals surface area contributed by atoms with E-state index in [0.29, 0.717) is 18.3 Å². The van der Waals surface area contributed by atoms with Crippen LogP contribution in [0.3, 0.4) is 0 Å². The molecule has 20 heavy (non-hydrogen) atoms. The molecule has 0 aliphatic heterocycles. The second-order valence-electron chi connectivity index (χ2n) is 4.59. The van der Waals surface area contributed by atoms with E-state index in [0.717, 1.165) is 5.69 Å². The average Bonchev–Trinajstić information content (AvgIpc) is 3.17. The highest BCUT2D eigenvalue weighted by molar-refractivity contribution is 7.09. The number of hydrogen-bond acceptors (Lipinski definition) is 6. The standard InChI is InChI=1S/C12H11ClN4O2S/c13-10-3-9(17(18)19)5-15-11(10)14-4-8-6-20-12(16-8)7-1-2-7/h3,5-7H,1-2,4H2,(H,14,15). The first-order valence-corrected chi connectivity index (χ1v) is 7.37. The molecule has 0 amide bonds. The second-order valence-corrected chi connectivity index (χ2v) is 5.88. The predicted molar refractivity (Wildman–Crippen MR) is 77.3 cm³/mol. The third kappa shape index (κ3) is 2.88. The minimum atomic E-state index is -0.523. The van der Waals surface area contributed by atoms with E-state index >= 15 is 0 Å². The van der Waals surface area contributed by atoms with Crippen LogP contribution in [0.1, 0.15) is 29.5 Å². The minimum Gasteiger partial charge on any atom is -0.363 e. The minimum absolute atomic E-state index is 0.120. The summed E-state index contributed by atoms with van der Waals surface area (Å²) in [6, 6.07) is 1.29. The molecule has 2 aromatic heterocycles. The topological polar surface area (TPSA) is 81.0 Å². The number of pyridine rings is 1. The van der Waals surface area contributed by atoms with Crippen LogP contribution < -0.4 is 5.32 Å². The van der Waals surface area contributed by atoms with Crippen molar-refractivity contribution in [3.8, 4) is 0 Å². The number of nitrogens with one attached hydrogen (secondary N) is 1. The number of aromatic nitrogens is 2. The van der Waals surface area contributed by atoms with E-state index in [-0.39, 0.29) is 10.7 Å². The fourth-order valence-corrected chi connectivity index (χ4v) is 2.97. The monoisotopic (exact) mass is 310 g/mol. The predicted octanol–water partition coefficient (Wildman–Crippen LogP) is 3.59. The maximum absolute atomic E-state index is 10.6. The number of nitrogens with zero attached hydrogens (tertiary/aromatic N) is 3. The van der Waals surface area contributed by atoms with Gasteiger partial charge in [-0.25, -0.2) is 9.97 Å². The molecule has 0 bridgehead atoms. The molecule has 2 aromatic rings. The lowest BCUT2D eigenvalue weighted by molar-refractivity contribution is -0.385. The molecule has 104 valence electrons. The van der Waals surface area contributed by atoms with Gasteiger partial charge < -0.3 is 5.32 Å². The van der Waals surface area contributed by atoms with Gasteiger partial charge in [-0.1, -0.05) is 11.6 Å². The molecule has 8 heteroatoms. The van der Waals surface area contributed by atoms with E-state index in [9.17, 15) is 10.1 Å². The van der Waals surface area contributed by atoms with Gasteiger partial charge in [0.2, 0.25) is 0 Å². The molecule has 0 spiro atoms. The number of thiazole rings is 1. The first kappa shape index (κ1) is 13.3. The van der Waals surface area contributed by atoms with Gasteiger partial charge in [0.15, 0.2) is 0 Å². The van der Waals surface area contributed by atoms with Gasteiger partial charge in [-0.15, -0.1) is 11.3 Å². The van der Waals surface area contributed by atoms with Crippen LogP contribution in [0.15, 0.2) is 17.6 Å². The van der Waals surface area contributed by atoms with Crippen LogP contribution in [0.4, 0.5) is 11.5 Å². The van der Waals surface area contributed by atoms with Crippen molar-refractivity contribution in [1.82, 2.24) is 9.97 Å². The average molecular weight is 311 g/mol. The van der Waals surface area contributed by atoms with Crippen molar-refractivity contribution < 1.29 is 4.92 Å². The summed E-state index contributed by atoms with van der Waals surface area (Å²) in [5, 5.41) is 17.1. The van der Waals surface area contributed by atoms with Gasteiger partial charge in [-0.2, -0.15) is 0 Å². The SMILES string of the molecule is O=[N+]([O-])c1cnc(NCc2csc(C3CC3)n2)c(Cl)c1. The molecule has 2 heterocycles. The largest absolute Gasteiger partial charge is 0.363 e. The van der Waals surface area contributed by atoms with E-state index in [1.54, 1.807) is 11.3 Å². The Morgan fingerprint density at radius 3 is 3.00 bits per heavy atom. The summed E-state index contributed by atoms with van der Waals surface area (Å²) in [6.45, 7) is 0.508. The third-order valence-electron chi connectivity index (χ3n) is 2.97. The molecule has 1 saturated carbocycles. The first-order valence-electron chi connectivity index (χ1n) is 6.11. The van der Waals surface area contributed by atoms with Gasteiger partial charge in [0.25, 0.3) is 5.69 Å². The fourth-order valence-electron chi connectivity index (χ4n) is 1.75. The Balaban J connectivity index is 1.66. The zero-order valence-corrected chi connectivity index (χ0v) is 11.9. The molecular formula is C12H11ClN4O2S. The van der Waals surface area contributed by atoms with Gasteiger partial charge in [0.1, 0.15) is 12.0 Å². The zero-order valence-electron chi connectivity index (χ0n) is 10.4. The van der Waals surface area contributed by atoms with Crippen LogP contribution in [0.5, 0.6) is 0 Å². The lowest BCUT2D eigenvalue weighted by Gasteiger charge is -2.05. The van der Waals surface area contributed by atoms with Gasteiger partial charge >= 0.3 is 0 Å². The highest BCUT2D eigenvalue weighted by Crippen LogP contribution is 2.41. The summed E-state index contributed by atoms with van der Waals surface area (Å²) in [7, 11) is 0. The van der Waals surface area contributed by atoms with Crippen molar-refractivity contribution in [3.05, 3.63) is 43.5 Å². The first-order chi connectivity index (χ1) is 9.63. The van der Waals surface area contributed by atoms with Crippen molar-refractivity contribution in [2.24, 2.45) is 0 Å². The van der Waals surface area contributed by atoms with Gasteiger partial charge in [-0.05, 0) is 12.8 Å². The van der Waals surface area contributed by atoms with E-state index in [1.807, 2.05) is 5.38 Å². The summed E-state index contributed by atoms with van der Waals surface area (Å²) in [4.78, 5) is 18.6. The van der Waals surface area contributed by atoms with Crippen LogP contribution in [0.25, 0.3) is 0 Å². The Hall–Kier alpha value is -1.73. The summed E-state index contributed by atoms with van der Waals surface area (Å²) in [5.41, 5.74) is 0.818. The molecule has 3 rings (SSSR count). The number of hydrogen-bond donors (Lipinski definition) is 1. The molecule has 1 aliphatic carbocycles. The van der Waals surface area contributed by atoms with Crippen LogP contribution in [0, 0.1) is 10.1 Å². The van der Waals surface area contributed by atoms with E-state index < -0.39 is 4.92 Å².